The molecule has 8 nitrogen and oxygen atoms in total. The molecule has 5 rings (SSSR count). The van der Waals surface area contributed by atoms with Crippen molar-refractivity contribution in [1.82, 2.24) is 19.8 Å². The third kappa shape index (κ3) is 3.98. The number of primary amides is 1. The molecule has 2 aliphatic rings. The van der Waals surface area contributed by atoms with Crippen LogP contribution in [0.25, 0.3) is 10.9 Å². The molecule has 2 amide bonds. The van der Waals surface area contributed by atoms with Gasteiger partial charge in [0.2, 0.25) is 11.8 Å². The fourth-order valence-electron chi connectivity index (χ4n) is 4.91. The molecule has 0 spiro atoms. The number of hydroxylamine groups is 2. The molecule has 2 N–H and O–H groups in total. The molecule has 1 aliphatic heterocycles. The maximum Gasteiger partial charge on any atom is 0.249 e. The Morgan fingerprint density at radius 3 is 2.69 bits per heavy atom. The lowest BCUT2D eigenvalue weighted by molar-refractivity contribution is -0.183. The van der Waals surface area contributed by atoms with Gasteiger partial charge in [0.15, 0.2) is 0 Å². The predicted molar refractivity (Wildman–Crippen MR) is 118 cm³/mol. The van der Waals surface area contributed by atoms with Crippen LogP contribution in [-0.2, 0) is 16.2 Å². The van der Waals surface area contributed by atoms with E-state index in [1.54, 1.807) is 17.3 Å². The molecule has 0 unspecified atom stereocenters. The van der Waals surface area contributed by atoms with Gasteiger partial charge in [0.05, 0.1) is 24.0 Å². The highest BCUT2D eigenvalue weighted by atomic mass is 16.7. The van der Waals surface area contributed by atoms with Crippen molar-refractivity contribution in [2.24, 2.45) is 17.6 Å². The number of hydrogen-bond donors (Lipinski definition) is 1. The second kappa shape index (κ2) is 8.70. The van der Waals surface area contributed by atoms with Crippen LogP contribution >= 0.6 is 0 Å². The second-order valence-corrected chi connectivity index (χ2v) is 8.74. The van der Waals surface area contributed by atoms with Gasteiger partial charge in [-0.3, -0.25) is 24.1 Å². The van der Waals surface area contributed by atoms with Crippen LogP contribution in [-0.4, -0.2) is 38.2 Å². The van der Waals surface area contributed by atoms with Gasteiger partial charge in [0.1, 0.15) is 6.04 Å². The Hall–Kier alpha value is -3.26. The molecular weight excluding hydrogens is 406 g/mol. The summed E-state index contributed by atoms with van der Waals surface area (Å²) in [6.45, 7) is 1.31. The van der Waals surface area contributed by atoms with Crippen molar-refractivity contribution in [2.75, 3.05) is 6.61 Å². The maximum atomic E-state index is 13.2. The molecule has 1 aromatic carbocycles. The zero-order chi connectivity index (χ0) is 22.1. The average molecular weight is 434 g/mol. The van der Waals surface area contributed by atoms with E-state index in [0.29, 0.717) is 18.1 Å². The number of nitrogens with zero attached hydrogens (tertiary/aromatic N) is 4. The van der Waals surface area contributed by atoms with Crippen LogP contribution < -0.4 is 5.73 Å². The van der Waals surface area contributed by atoms with Gasteiger partial charge in [-0.25, -0.2) is 5.06 Å². The molecular formula is C24H27N5O3. The Morgan fingerprint density at radius 2 is 1.94 bits per heavy atom. The summed E-state index contributed by atoms with van der Waals surface area (Å²) in [4.78, 5) is 34.9. The minimum atomic E-state index is -0.438. The quantitative estimate of drug-likeness (QED) is 0.665. The number of aromatic nitrogens is 3. The number of rotatable bonds is 5. The van der Waals surface area contributed by atoms with Crippen LogP contribution in [0, 0.1) is 11.8 Å². The first-order valence-electron chi connectivity index (χ1n) is 11.2. The summed E-state index contributed by atoms with van der Waals surface area (Å²) in [5.74, 6) is 0.0518. The average Bonchev–Trinajstić information content (AvgIpc) is 3.47. The number of amides is 2. The van der Waals surface area contributed by atoms with E-state index in [4.69, 9.17) is 10.6 Å². The van der Waals surface area contributed by atoms with Crippen LogP contribution in [0.15, 0.2) is 48.8 Å². The highest BCUT2D eigenvalue weighted by Crippen LogP contribution is 2.36. The molecule has 1 saturated carbocycles. The highest BCUT2D eigenvalue weighted by molar-refractivity contribution is 5.96. The lowest BCUT2D eigenvalue weighted by atomic mass is 9.81. The van der Waals surface area contributed by atoms with Crippen LogP contribution in [0.4, 0.5) is 0 Å². The monoisotopic (exact) mass is 433 g/mol. The molecule has 1 saturated heterocycles. The van der Waals surface area contributed by atoms with Gasteiger partial charge in [0.25, 0.3) is 0 Å². The third-order valence-electron chi connectivity index (χ3n) is 6.71. The largest absolute Gasteiger partial charge is 0.366 e. The molecule has 0 radical (unpaired) electrons. The lowest BCUT2D eigenvalue weighted by Gasteiger charge is -2.31. The number of nitrogens with two attached hydrogens (primary N) is 1. The summed E-state index contributed by atoms with van der Waals surface area (Å²) < 4.78 is 1.95. The van der Waals surface area contributed by atoms with Gasteiger partial charge < -0.3 is 5.73 Å². The molecule has 1 atom stereocenters. The lowest BCUT2D eigenvalue weighted by Crippen LogP contribution is -2.37. The van der Waals surface area contributed by atoms with Crippen molar-refractivity contribution >= 4 is 22.7 Å². The normalized spacial score (nSPS) is 23.5. The van der Waals surface area contributed by atoms with E-state index in [0.717, 1.165) is 55.2 Å². The SMILES string of the molecule is NC(=O)c1ccc2cnn(C[C@H]3CC[C@H](C(=O)N4OCC[C@H]4c4ccccn4)CC3)c2c1. The van der Waals surface area contributed by atoms with E-state index in [1.807, 2.05) is 41.2 Å². The van der Waals surface area contributed by atoms with E-state index < -0.39 is 5.91 Å². The van der Waals surface area contributed by atoms with Crippen molar-refractivity contribution in [2.45, 2.75) is 44.7 Å². The molecule has 3 heterocycles. The van der Waals surface area contributed by atoms with Crippen molar-refractivity contribution in [3.05, 3.63) is 60.0 Å². The molecule has 3 aromatic rings. The Labute approximate surface area is 186 Å². The van der Waals surface area contributed by atoms with Crippen LogP contribution in [0.1, 0.15) is 54.2 Å². The van der Waals surface area contributed by atoms with Gasteiger partial charge >= 0.3 is 0 Å². The van der Waals surface area contributed by atoms with Crippen LogP contribution in [0.3, 0.4) is 0 Å². The standard InChI is InChI=1S/C24H27N5O3/c25-23(30)18-8-9-19-14-27-28(22(19)13-18)15-16-4-6-17(7-5-16)24(31)29-21(10-12-32-29)20-3-1-2-11-26-20/h1-3,8-9,11,13-14,16-17,21H,4-7,10,12,15H2,(H2,25,30)/t16-,17-,21-/m0/s1. The summed E-state index contributed by atoms with van der Waals surface area (Å²) >= 11 is 0. The summed E-state index contributed by atoms with van der Waals surface area (Å²) in [6.07, 6.45) is 7.93. The van der Waals surface area contributed by atoms with Gasteiger partial charge in [-0.2, -0.15) is 5.10 Å². The Kier molecular flexibility index (Phi) is 5.61. The summed E-state index contributed by atoms with van der Waals surface area (Å²) in [6, 6.07) is 11.1. The fourth-order valence-corrected chi connectivity index (χ4v) is 4.91. The first-order chi connectivity index (χ1) is 15.6. The zero-order valence-corrected chi connectivity index (χ0v) is 17.9. The van der Waals surface area contributed by atoms with Crippen LogP contribution in [0.5, 0.6) is 0 Å². The molecule has 166 valence electrons. The van der Waals surface area contributed by atoms with E-state index >= 15 is 0 Å². The second-order valence-electron chi connectivity index (χ2n) is 8.74. The summed E-state index contributed by atoms with van der Waals surface area (Å²) in [5, 5.41) is 7.07. The molecule has 32 heavy (non-hydrogen) atoms. The van der Waals surface area contributed by atoms with Gasteiger partial charge in [-0.15, -0.1) is 0 Å². The molecule has 1 aliphatic carbocycles. The third-order valence-corrected chi connectivity index (χ3v) is 6.71. The summed E-state index contributed by atoms with van der Waals surface area (Å²) in [7, 11) is 0. The van der Waals surface area contributed by atoms with E-state index in [1.165, 1.54) is 0 Å². The molecule has 0 bridgehead atoms. The highest BCUT2D eigenvalue weighted by Gasteiger charge is 2.37. The molecule has 8 heteroatoms. The van der Waals surface area contributed by atoms with Gasteiger partial charge in [0, 0.05) is 36.0 Å². The number of fused-ring (bicyclic) bond motifs is 1. The predicted octanol–water partition coefficient (Wildman–Crippen LogP) is 3.24. The van der Waals surface area contributed by atoms with Crippen LogP contribution in [0.2, 0.25) is 0 Å². The Balaban J connectivity index is 1.22. The molecule has 2 fully saturated rings. The van der Waals surface area contributed by atoms with Gasteiger partial charge in [-0.1, -0.05) is 12.1 Å². The summed E-state index contributed by atoms with van der Waals surface area (Å²) in [5.41, 5.74) is 7.72. The van der Waals surface area contributed by atoms with E-state index in [-0.39, 0.29) is 17.9 Å². The maximum absolute atomic E-state index is 13.2. The smallest absolute Gasteiger partial charge is 0.249 e. The topological polar surface area (TPSA) is 103 Å². The Bertz CT molecular complexity index is 1120. The zero-order valence-electron chi connectivity index (χ0n) is 17.9. The number of pyridine rings is 1. The minimum Gasteiger partial charge on any atom is -0.366 e. The van der Waals surface area contributed by atoms with Crippen molar-refractivity contribution in [3.63, 3.8) is 0 Å². The Morgan fingerprint density at radius 1 is 1.09 bits per heavy atom. The van der Waals surface area contributed by atoms with E-state index in [9.17, 15) is 9.59 Å². The van der Waals surface area contributed by atoms with Gasteiger partial charge in [-0.05, 0) is 55.9 Å². The van der Waals surface area contributed by atoms with Crippen molar-refractivity contribution < 1.29 is 14.4 Å². The first-order valence-corrected chi connectivity index (χ1v) is 11.2. The van der Waals surface area contributed by atoms with Crippen molar-refractivity contribution in [1.29, 1.82) is 0 Å². The first kappa shape index (κ1) is 20.6. The number of hydrogen-bond acceptors (Lipinski definition) is 5. The number of carbonyl (C=O) groups is 2. The fraction of sp³-hybridized carbons (Fsp3) is 0.417. The number of carbonyl (C=O) groups excluding carboxylic acids is 2. The molecule has 2 aromatic heterocycles. The number of benzene rings is 1. The minimum absolute atomic E-state index is 0.0219. The van der Waals surface area contributed by atoms with E-state index in [2.05, 4.69) is 10.1 Å². The van der Waals surface area contributed by atoms with Crippen molar-refractivity contribution in [3.8, 4) is 0 Å².